The second kappa shape index (κ2) is 5.82. The molecule has 0 radical (unpaired) electrons. The van der Waals surface area contributed by atoms with Gasteiger partial charge in [0.15, 0.2) is 5.16 Å². The van der Waals surface area contributed by atoms with Crippen LogP contribution in [-0.2, 0) is 7.05 Å². The van der Waals surface area contributed by atoms with Crippen LogP contribution in [0.5, 0.6) is 0 Å². The molecular weight excluding hydrogens is 302 g/mol. The number of thioether (sulfide) groups is 1. The average molecular weight is 321 g/mol. The summed E-state index contributed by atoms with van der Waals surface area (Å²) in [6.45, 7) is 7.84. The molecule has 21 heavy (non-hydrogen) atoms. The van der Waals surface area contributed by atoms with Crippen LogP contribution in [0.3, 0.4) is 0 Å². The lowest BCUT2D eigenvalue weighted by atomic mass is 9.93. The van der Waals surface area contributed by atoms with Crippen molar-refractivity contribution in [3.8, 4) is 6.07 Å². The van der Waals surface area contributed by atoms with Crippen molar-refractivity contribution in [2.45, 2.75) is 39.3 Å². The Balaban J connectivity index is 2.32. The van der Waals surface area contributed by atoms with E-state index < -0.39 is 0 Å². The highest BCUT2D eigenvalue weighted by atomic mass is 32.2. The van der Waals surface area contributed by atoms with E-state index in [-0.39, 0.29) is 11.0 Å². The number of nitrogens with zero attached hydrogens (tertiary/aromatic N) is 3. The highest BCUT2D eigenvalue weighted by Crippen LogP contribution is 2.29. The Hall–Kier alpha value is -1.32. The van der Waals surface area contributed by atoms with Gasteiger partial charge in [0.1, 0.15) is 4.83 Å². The predicted molar refractivity (Wildman–Crippen MR) is 89.1 cm³/mol. The van der Waals surface area contributed by atoms with Gasteiger partial charge in [0.25, 0.3) is 5.56 Å². The number of nitriles is 1. The lowest BCUT2D eigenvalue weighted by molar-refractivity contribution is 0.481. The van der Waals surface area contributed by atoms with E-state index in [0.717, 1.165) is 38.0 Å². The molecule has 0 N–H and O–H groups in total. The zero-order valence-corrected chi connectivity index (χ0v) is 14.6. The highest BCUT2D eigenvalue weighted by Gasteiger charge is 2.18. The molecule has 112 valence electrons. The summed E-state index contributed by atoms with van der Waals surface area (Å²) in [5.74, 6) is 0.773. The molecule has 0 aliphatic heterocycles. The topological polar surface area (TPSA) is 58.7 Å². The van der Waals surface area contributed by atoms with Gasteiger partial charge in [-0.25, -0.2) is 4.98 Å². The van der Waals surface area contributed by atoms with Gasteiger partial charge in [0.2, 0.25) is 0 Å². The predicted octanol–water partition coefficient (Wildman–Crippen LogP) is 3.64. The maximum Gasteiger partial charge on any atom is 0.262 e. The van der Waals surface area contributed by atoms with Crippen LogP contribution in [0.1, 0.15) is 30.7 Å². The molecule has 2 heterocycles. The summed E-state index contributed by atoms with van der Waals surface area (Å²) in [6, 6.07) is 2.29. The molecule has 0 bridgehead atoms. The number of hydrogen-bond acceptors (Lipinski definition) is 5. The van der Waals surface area contributed by atoms with Crippen molar-refractivity contribution in [2.24, 2.45) is 12.5 Å². The third-order valence-electron chi connectivity index (χ3n) is 3.63. The Bertz CT molecular complexity index is 781. The maximum absolute atomic E-state index is 12.5. The molecule has 0 aliphatic rings. The third kappa shape index (κ3) is 3.14. The van der Waals surface area contributed by atoms with E-state index in [1.54, 1.807) is 34.7 Å². The van der Waals surface area contributed by atoms with Gasteiger partial charge in [-0.1, -0.05) is 11.8 Å². The van der Waals surface area contributed by atoms with E-state index in [0.29, 0.717) is 0 Å². The molecule has 0 unspecified atom stereocenters. The molecule has 0 saturated heterocycles. The first-order valence-electron chi connectivity index (χ1n) is 6.77. The number of aryl methyl sites for hydroxylation is 2. The second-order valence-corrected chi connectivity index (χ2v) is 8.08. The molecule has 2 aromatic rings. The minimum atomic E-state index is -0.341. The van der Waals surface area contributed by atoms with Crippen molar-refractivity contribution < 1.29 is 0 Å². The summed E-state index contributed by atoms with van der Waals surface area (Å²) in [4.78, 5) is 19.0. The molecule has 4 nitrogen and oxygen atoms in total. The first-order chi connectivity index (χ1) is 9.76. The fraction of sp³-hybridized carbons (Fsp3) is 0.533. The van der Waals surface area contributed by atoms with Crippen LogP contribution in [0.15, 0.2) is 9.95 Å². The molecular formula is C15H19N3OS2. The normalized spacial score (nSPS) is 11.8. The van der Waals surface area contributed by atoms with Gasteiger partial charge in [0.05, 0.1) is 16.9 Å². The van der Waals surface area contributed by atoms with Crippen LogP contribution in [0.4, 0.5) is 0 Å². The van der Waals surface area contributed by atoms with Crippen LogP contribution in [0, 0.1) is 30.6 Å². The lowest BCUT2D eigenvalue weighted by Gasteiger charge is -2.14. The minimum Gasteiger partial charge on any atom is -0.290 e. The summed E-state index contributed by atoms with van der Waals surface area (Å²) in [5, 5.41) is 10.5. The molecule has 0 fully saturated rings. The van der Waals surface area contributed by atoms with Crippen molar-refractivity contribution in [1.29, 1.82) is 5.26 Å². The van der Waals surface area contributed by atoms with E-state index in [9.17, 15) is 4.79 Å². The fourth-order valence-electron chi connectivity index (χ4n) is 1.94. The molecule has 0 aromatic carbocycles. The van der Waals surface area contributed by atoms with Crippen molar-refractivity contribution >= 4 is 33.3 Å². The number of hydrogen-bond donors (Lipinski definition) is 0. The maximum atomic E-state index is 12.5. The van der Waals surface area contributed by atoms with Crippen molar-refractivity contribution in [3.63, 3.8) is 0 Å². The molecule has 0 saturated carbocycles. The molecule has 0 aliphatic carbocycles. The van der Waals surface area contributed by atoms with Gasteiger partial charge >= 0.3 is 0 Å². The standard InChI is InChI=1S/C15H19N3OS2/c1-9-10(2)21-12-11(9)13(19)18(5)14(17-12)20-7-6-15(3,4)8-16/h6-7H2,1-5H3. The Labute approximate surface area is 132 Å². The molecule has 0 atom stereocenters. The first kappa shape index (κ1) is 16.1. The SMILES string of the molecule is Cc1sc2nc(SCCC(C)(C)C#N)n(C)c(=O)c2c1C. The average Bonchev–Trinajstić information content (AvgIpc) is 2.71. The quantitative estimate of drug-likeness (QED) is 0.637. The Morgan fingerprint density at radius 1 is 1.43 bits per heavy atom. The van der Waals surface area contributed by atoms with Crippen LogP contribution in [0.25, 0.3) is 10.2 Å². The van der Waals surface area contributed by atoms with Gasteiger partial charge in [-0.2, -0.15) is 5.26 Å². The summed E-state index contributed by atoms with van der Waals surface area (Å²) in [6.07, 6.45) is 0.768. The smallest absolute Gasteiger partial charge is 0.262 e. The Morgan fingerprint density at radius 2 is 2.10 bits per heavy atom. The highest BCUT2D eigenvalue weighted by molar-refractivity contribution is 7.99. The monoisotopic (exact) mass is 321 g/mol. The summed E-state index contributed by atoms with van der Waals surface area (Å²) in [7, 11) is 1.76. The third-order valence-corrected chi connectivity index (χ3v) is 5.76. The number of thiophene rings is 1. The summed E-state index contributed by atoms with van der Waals surface area (Å²) in [5.41, 5.74) is 0.709. The van der Waals surface area contributed by atoms with Crippen molar-refractivity contribution in [3.05, 3.63) is 20.8 Å². The van der Waals surface area contributed by atoms with Crippen LogP contribution < -0.4 is 5.56 Å². The van der Waals surface area contributed by atoms with Crippen molar-refractivity contribution in [1.82, 2.24) is 9.55 Å². The van der Waals surface area contributed by atoms with Crippen LogP contribution in [0.2, 0.25) is 0 Å². The number of aromatic nitrogens is 2. The minimum absolute atomic E-state index is 0.0175. The van der Waals surface area contributed by atoms with Crippen molar-refractivity contribution in [2.75, 3.05) is 5.75 Å². The Kier molecular flexibility index (Phi) is 4.45. The largest absolute Gasteiger partial charge is 0.290 e. The molecule has 6 heteroatoms. The van der Waals surface area contributed by atoms with E-state index in [1.807, 2.05) is 27.7 Å². The summed E-state index contributed by atoms with van der Waals surface area (Å²) >= 11 is 3.11. The lowest BCUT2D eigenvalue weighted by Crippen LogP contribution is -2.20. The van der Waals surface area contributed by atoms with Gasteiger partial charge in [-0.05, 0) is 39.7 Å². The fourth-order valence-corrected chi connectivity index (χ4v) is 4.24. The van der Waals surface area contributed by atoms with Gasteiger partial charge in [-0.15, -0.1) is 11.3 Å². The van der Waals surface area contributed by atoms with E-state index in [1.165, 1.54) is 0 Å². The van der Waals surface area contributed by atoms with Gasteiger partial charge in [-0.3, -0.25) is 9.36 Å². The zero-order valence-electron chi connectivity index (χ0n) is 13.0. The van der Waals surface area contributed by atoms with Gasteiger partial charge in [0, 0.05) is 17.7 Å². The molecule has 2 rings (SSSR count). The van der Waals surface area contributed by atoms with E-state index in [4.69, 9.17) is 5.26 Å². The summed E-state index contributed by atoms with van der Waals surface area (Å²) < 4.78 is 1.62. The second-order valence-electron chi connectivity index (χ2n) is 5.82. The zero-order chi connectivity index (χ0) is 15.8. The molecule has 0 spiro atoms. The first-order valence-corrected chi connectivity index (χ1v) is 8.58. The number of fused-ring (bicyclic) bond motifs is 1. The number of rotatable bonds is 4. The van der Waals surface area contributed by atoms with E-state index in [2.05, 4.69) is 11.1 Å². The molecule has 2 aromatic heterocycles. The van der Waals surface area contributed by atoms with Crippen LogP contribution in [-0.4, -0.2) is 15.3 Å². The van der Waals surface area contributed by atoms with E-state index >= 15 is 0 Å². The van der Waals surface area contributed by atoms with Crippen LogP contribution >= 0.6 is 23.1 Å². The Morgan fingerprint density at radius 3 is 2.71 bits per heavy atom. The molecule has 0 amide bonds. The van der Waals surface area contributed by atoms with Gasteiger partial charge < -0.3 is 0 Å².